The molecule has 0 amide bonds. The number of rotatable bonds is 14. The van der Waals surface area contributed by atoms with Crippen LogP contribution in [0.1, 0.15) is 38.2 Å². The van der Waals surface area contributed by atoms with E-state index in [1.165, 1.54) is 12.2 Å². The smallest absolute Gasteiger partial charge is 0.330 e. The summed E-state index contributed by atoms with van der Waals surface area (Å²) in [5.74, 6) is 0.0449. The maximum atomic E-state index is 11.3. The third-order valence-corrected chi connectivity index (χ3v) is 4.43. The minimum Gasteiger partial charge on any atom is -0.494 e. The average Bonchev–Trinajstić information content (AvgIpc) is 2.84. The van der Waals surface area contributed by atoms with Crippen LogP contribution in [0.4, 0.5) is 11.4 Å². The number of benzene rings is 2. The van der Waals surface area contributed by atoms with E-state index in [-0.39, 0.29) is 11.9 Å². The van der Waals surface area contributed by atoms with E-state index < -0.39 is 0 Å². The molecule has 7 nitrogen and oxygen atoms in total. The lowest BCUT2D eigenvalue weighted by molar-refractivity contribution is -0.138. The van der Waals surface area contributed by atoms with E-state index in [0.717, 1.165) is 42.7 Å². The van der Waals surface area contributed by atoms with Crippen LogP contribution in [-0.4, -0.2) is 31.8 Å². The SMILES string of the molecule is C=CC(=O)OCCCCCCOc1ccc(N=Nc2ccc(/C=C/C(=O)OCC)cc2)cc1. The number of carbonyl (C=O) groups excluding carboxylic acids is 2. The van der Waals surface area contributed by atoms with Gasteiger partial charge in [0.2, 0.25) is 0 Å². The van der Waals surface area contributed by atoms with Crippen LogP contribution in [0.2, 0.25) is 0 Å². The molecule has 33 heavy (non-hydrogen) atoms. The maximum absolute atomic E-state index is 11.3. The van der Waals surface area contributed by atoms with Crippen LogP contribution in [0.15, 0.2) is 77.5 Å². The Bertz CT molecular complexity index is 934. The first-order chi connectivity index (χ1) is 16.1. The van der Waals surface area contributed by atoms with E-state index in [1.54, 1.807) is 13.0 Å². The third-order valence-electron chi connectivity index (χ3n) is 4.43. The first-order valence-corrected chi connectivity index (χ1v) is 11.0. The van der Waals surface area contributed by atoms with E-state index in [2.05, 4.69) is 16.8 Å². The molecule has 0 saturated carbocycles. The largest absolute Gasteiger partial charge is 0.494 e. The molecule has 0 fully saturated rings. The molecule has 0 N–H and O–H groups in total. The second-order valence-electron chi connectivity index (χ2n) is 7.01. The van der Waals surface area contributed by atoms with E-state index in [9.17, 15) is 9.59 Å². The van der Waals surface area contributed by atoms with Crippen molar-refractivity contribution >= 4 is 29.4 Å². The van der Waals surface area contributed by atoms with Crippen LogP contribution in [0.25, 0.3) is 6.08 Å². The predicted molar refractivity (Wildman–Crippen MR) is 128 cm³/mol. The van der Waals surface area contributed by atoms with Crippen molar-refractivity contribution in [1.82, 2.24) is 0 Å². The Balaban J connectivity index is 1.68. The summed E-state index contributed by atoms with van der Waals surface area (Å²) in [5, 5.41) is 8.47. The number of ether oxygens (including phenoxy) is 3. The van der Waals surface area contributed by atoms with Crippen molar-refractivity contribution in [3.63, 3.8) is 0 Å². The highest BCUT2D eigenvalue weighted by Crippen LogP contribution is 2.22. The topological polar surface area (TPSA) is 86.5 Å². The van der Waals surface area contributed by atoms with Gasteiger partial charge in [0.1, 0.15) is 5.75 Å². The molecule has 0 aliphatic heterocycles. The van der Waals surface area contributed by atoms with Crippen molar-refractivity contribution in [1.29, 1.82) is 0 Å². The number of hydrogen-bond donors (Lipinski definition) is 0. The molecule has 0 aliphatic rings. The number of nitrogens with zero attached hydrogens (tertiary/aromatic N) is 2. The molecule has 2 aromatic rings. The minimum atomic E-state index is -0.375. The first kappa shape index (κ1) is 25.5. The van der Waals surface area contributed by atoms with Gasteiger partial charge in [0.05, 0.1) is 31.2 Å². The van der Waals surface area contributed by atoms with Crippen molar-refractivity contribution < 1.29 is 23.8 Å². The number of carbonyl (C=O) groups is 2. The van der Waals surface area contributed by atoms with Gasteiger partial charge in [-0.2, -0.15) is 10.2 Å². The highest BCUT2D eigenvalue weighted by Gasteiger charge is 1.98. The average molecular weight is 451 g/mol. The standard InChI is InChI=1S/C26H30N2O5/c1-3-25(29)33-20-8-6-5-7-19-32-24-16-14-23(15-17-24)28-27-22-12-9-21(10-13-22)11-18-26(30)31-4-2/h3,9-18H,1,4-8,19-20H2,2H3/b18-11+,28-27?. The summed E-state index contributed by atoms with van der Waals surface area (Å²) >= 11 is 0. The zero-order valence-electron chi connectivity index (χ0n) is 18.9. The van der Waals surface area contributed by atoms with Crippen molar-refractivity contribution in [3.05, 3.63) is 72.8 Å². The van der Waals surface area contributed by atoms with E-state index in [1.807, 2.05) is 48.5 Å². The lowest BCUT2D eigenvalue weighted by Gasteiger charge is -2.06. The molecule has 174 valence electrons. The summed E-state index contributed by atoms with van der Waals surface area (Å²) in [6, 6.07) is 14.8. The number of esters is 2. The van der Waals surface area contributed by atoms with Crippen molar-refractivity contribution in [2.45, 2.75) is 32.6 Å². The van der Waals surface area contributed by atoms with Gasteiger partial charge in [-0.05, 0) is 80.6 Å². The minimum absolute atomic E-state index is 0.355. The quantitative estimate of drug-likeness (QED) is 0.145. The number of azo groups is 1. The van der Waals surface area contributed by atoms with Gasteiger partial charge in [0, 0.05) is 12.2 Å². The molecule has 0 heterocycles. The zero-order chi connectivity index (χ0) is 23.7. The molecule has 0 radical (unpaired) electrons. The predicted octanol–water partition coefficient (Wildman–Crippen LogP) is 6.35. The summed E-state index contributed by atoms with van der Waals surface area (Å²) in [6.45, 7) is 6.54. The summed E-state index contributed by atoms with van der Waals surface area (Å²) in [7, 11) is 0. The van der Waals surface area contributed by atoms with Crippen molar-refractivity contribution in [2.24, 2.45) is 10.2 Å². The first-order valence-electron chi connectivity index (χ1n) is 11.0. The van der Waals surface area contributed by atoms with Crippen LogP contribution in [-0.2, 0) is 19.1 Å². The molecule has 0 bridgehead atoms. The van der Waals surface area contributed by atoms with E-state index >= 15 is 0 Å². The summed E-state index contributed by atoms with van der Waals surface area (Å²) in [6.07, 6.45) is 8.03. The summed E-state index contributed by atoms with van der Waals surface area (Å²) < 4.78 is 15.5. The van der Waals surface area contributed by atoms with Crippen molar-refractivity contribution in [3.8, 4) is 5.75 Å². The molecular weight excluding hydrogens is 420 g/mol. The fraction of sp³-hybridized carbons (Fsp3) is 0.308. The van der Waals surface area contributed by atoms with Gasteiger partial charge in [-0.1, -0.05) is 18.7 Å². The Kier molecular flexibility index (Phi) is 11.7. The maximum Gasteiger partial charge on any atom is 0.330 e. The van der Waals surface area contributed by atoms with Gasteiger partial charge >= 0.3 is 11.9 Å². The molecule has 0 saturated heterocycles. The van der Waals surface area contributed by atoms with Gasteiger partial charge in [-0.3, -0.25) is 0 Å². The monoisotopic (exact) mass is 450 g/mol. The molecule has 2 aromatic carbocycles. The Morgan fingerprint density at radius 1 is 0.818 bits per heavy atom. The normalized spacial score (nSPS) is 10.9. The van der Waals surface area contributed by atoms with Crippen LogP contribution >= 0.6 is 0 Å². The number of unbranched alkanes of at least 4 members (excludes halogenated alkanes) is 3. The van der Waals surface area contributed by atoms with Crippen LogP contribution < -0.4 is 4.74 Å². The summed E-state index contributed by atoms with van der Waals surface area (Å²) in [4.78, 5) is 22.3. The van der Waals surface area contributed by atoms with Crippen LogP contribution in [0.3, 0.4) is 0 Å². The van der Waals surface area contributed by atoms with Crippen LogP contribution in [0.5, 0.6) is 5.75 Å². The molecule has 2 rings (SSSR count). The van der Waals surface area contributed by atoms with Crippen molar-refractivity contribution in [2.75, 3.05) is 19.8 Å². The second kappa shape index (κ2) is 15.1. The summed E-state index contributed by atoms with van der Waals surface area (Å²) in [5.41, 5.74) is 2.31. The highest BCUT2D eigenvalue weighted by molar-refractivity contribution is 5.87. The molecular formula is C26H30N2O5. The third kappa shape index (κ3) is 10.9. The molecule has 0 spiro atoms. The molecule has 0 atom stereocenters. The lowest BCUT2D eigenvalue weighted by Crippen LogP contribution is -2.02. The molecule has 7 heteroatoms. The Labute approximate surface area is 194 Å². The van der Waals surface area contributed by atoms with Crippen LogP contribution in [0, 0.1) is 0 Å². The lowest BCUT2D eigenvalue weighted by atomic mass is 10.2. The Morgan fingerprint density at radius 2 is 1.42 bits per heavy atom. The second-order valence-corrected chi connectivity index (χ2v) is 7.01. The van der Waals surface area contributed by atoms with E-state index in [0.29, 0.717) is 25.5 Å². The highest BCUT2D eigenvalue weighted by atomic mass is 16.5. The van der Waals surface area contributed by atoms with Gasteiger partial charge in [-0.15, -0.1) is 0 Å². The Hall–Kier alpha value is -3.74. The molecule has 0 unspecified atom stereocenters. The van der Waals surface area contributed by atoms with Gasteiger partial charge in [0.15, 0.2) is 0 Å². The molecule has 0 aliphatic carbocycles. The van der Waals surface area contributed by atoms with Gasteiger partial charge < -0.3 is 14.2 Å². The fourth-order valence-electron chi connectivity index (χ4n) is 2.71. The van der Waals surface area contributed by atoms with Gasteiger partial charge in [-0.25, -0.2) is 9.59 Å². The van der Waals surface area contributed by atoms with E-state index in [4.69, 9.17) is 14.2 Å². The fourth-order valence-corrected chi connectivity index (χ4v) is 2.71. The number of hydrogen-bond acceptors (Lipinski definition) is 7. The zero-order valence-corrected chi connectivity index (χ0v) is 18.9. The molecule has 0 aromatic heterocycles. The van der Waals surface area contributed by atoms with Gasteiger partial charge in [0.25, 0.3) is 0 Å². The Morgan fingerprint density at radius 3 is 2.03 bits per heavy atom.